The van der Waals surface area contributed by atoms with Gasteiger partial charge in [0.25, 0.3) is 11.8 Å². The molecule has 1 fully saturated rings. The van der Waals surface area contributed by atoms with Crippen molar-refractivity contribution >= 4 is 23.2 Å². The number of nitrogens with one attached hydrogen (secondary N) is 2. The van der Waals surface area contributed by atoms with E-state index in [1.54, 1.807) is 43.5 Å². The Morgan fingerprint density at radius 2 is 1.84 bits per heavy atom. The van der Waals surface area contributed by atoms with Crippen molar-refractivity contribution < 1.29 is 19.1 Å². The number of benzene rings is 2. The first-order valence-corrected chi connectivity index (χ1v) is 8.14. The predicted molar refractivity (Wildman–Crippen MR) is 95.0 cm³/mol. The van der Waals surface area contributed by atoms with E-state index in [1.165, 1.54) is 0 Å². The third kappa shape index (κ3) is 4.16. The lowest BCUT2D eigenvalue weighted by Crippen LogP contribution is -2.26. The number of carbonyl (C=O) groups excluding carboxylic acids is 2. The van der Waals surface area contributed by atoms with E-state index in [0.717, 1.165) is 12.8 Å². The van der Waals surface area contributed by atoms with Gasteiger partial charge in [-0.3, -0.25) is 9.59 Å². The molecule has 1 saturated heterocycles. The SMILES string of the molecule is COc1ccccc1NC(=O)c1ccc(NC(=O)C2CCCO2)cc1. The Labute approximate surface area is 146 Å². The largest absolute Gasteiger partial charge is 0.495 e. The molecule has 1 aliphatic heterocycles. The maximum atomic E-state index is 12.4. The van der Waals surface area contributed by atoms with E-state index < -0.39 is 0 Å². The number of anilines is 2. The van der Waals surface area contributed by atoms with Gasteiger partial charge in [0, 0.05) is 17.9 Å². The molecule has 2 aromatic carbocycles. The molecule has 2 amide bonds. The van der Waals surface area contributed by atoms with Gasteiger partial charge in [0.15, 0.2) is 0 Å². The molecule has 0 radical (unpaired) electrons. The summed E-state index contributed by atoms with van der Waals surface area (Å²) in [5, 5.41) is 5.61. The number of hydrogen-bond acceptors (Lipinski definition) is 4. The molecule has 1 aliphatic rings. The fourth-order valence-electron chi connectivity index (χ4n) is 2.65. The van der Waals surface area contributed by atoms with Crippen LogP contribution in [0.15, 0.2) is 48.5 Å². The van der Waals surface area contributed by atoms with Gasteiger partial charge in [0.1, 0.15) is 11.9 Å². The Balaban J connectivity index is 1.63. The van der Waals surface area contributed by atoms with Crippen LogP contribution in [0.25, 0.3) is 0 Å². The molecule has 0 aromatic heterocycles. The van der Waals surface area contributed by atoms with E-state index in [4.69, 9.17) is 9.47 Å². The molecule has 0 aliphatic carbocycles. The van der Waals surface area contributed by atoms with Crippen LogP contribution in [0.5, 0.6) is 5.75 Å². The fraction of sp³-hybridized carbons (Fsp3) is 0.263. The average Bonchev–Trinajstić information content (AvgIpc) is 3.17. The van der Waals surface area contributed by atoms with Crippen LogP contribution in [0.4, 0.5) is 11.4 Å². The molecule has 2 aromatic rings. The van der Waals surface area contributed by atoms with Crippen LogP contribution in [0.1, 0.15) is 23.2 Å². The van der Waals surface area contributed by atoms with Crippen LogP contribution in [0.3, 0.4) is 0 Å². The zero-order valence-electron chi connectivity index (χ0n) is 14.0. The van der Waals surface area contributed by atoms with Gasteiger partial charge in [0.05, 0.1) is 12.8 Å². The van der Waals surface area contributed by atoms with Crippen LogP contribution >= 0.6 is 0 Å². The topological polar surface area (TPSA) is 76.7 Å². The Morgan fingerprint density at radius 1 is 1.08 bits per heavy atom. The standard InChI is InChI=1S/C19H20N2O4/c1-24-16-6-3-2-5-15(16)21-18(22)13-8-10-14(11-9-13)20-19(23)17-7-4-12-25-17/h2-3,5-6,8-11,17H,4,7,12H2,1H3,(H,20,23)(H,21,22). The van der Waals surface area contributed by atoms with Crippen LogP contribution in [0.2, 0.25) is 0 Å². The van der Waals surface area contributed by atoms with Gasteiger partial charge in [0.2, 0.25) is 0 Å². The van der Waals surface area contributed by atoms with Crippen molar-refractivity contribution in [2.24, 2.45) is 0 Å². The molecule has 6 nitrogen and oxygen atoms in total. The molecule has 0 saturated carbocycles. The van der Waals surface area contributed by atoms with Crippen molar-refractivity contribution in [2.45, 2.75) is 18.9 Å². The quantitative estimate of drug-likeness (QED) is 0.877. The Kier molecular flexibility index (Phi) is 5.30. The minimum Gasteiger partial charge on any atom is -0.495 e. The summed E-state index contributed by atoms with van der Waals surface area (Å²) < 4.78 is 10.6. The number of para-hydroxylation sites is 2. The normalized spacial score (nSPS) is 16.3. The predicted octanol–water partition coefficient (Wildman–Crippen LogP) is 3.07. The molecule has 2 N–H and O–H groups in total. The lowest BCUT2D eigenvalue weighted by atomic mass is 10.1. The minimum atomic E-state index is -0.381. The number of amides is 2. The van der Waals surface area contributed by atoms with Crippen LogP contribution in [-0.2, 0) is 9.53 Å². The molecule has 130 valence electrons. The van der Waals surface area contributed by atoms with Crippen LogP contribution < -0.4 is 15.4 Å². The molecular formula is C19H20N2O4. The lowest BCUT2D eigenvalue weighted by Gasteiger charge is -2.12. The number of ether oxygens (including phenoxy) is 2. The van der Waals surface area contributed by atoms with Gasteiger partial charge >= 0.3 is 0 Å². The highest BCUT2D eigenvalue weighted by Gasteiger charge is 2.23. The van der Waals surface area contributed by atoms with Crippen LogP contribution in [-0.4, -0.2) is 31.6 Å². The van der Waals surface area contributed by atoms with Crippen molar-refractivity contribution in [2.75, 3.05) is 24.4 Å². The fourth-order valence-corrected chi connectivity index (χ4v) is 2.65. The van der Waals surface area contributed by atoms with Gasteiger partial charge in [-0.25, -0.2) is 0 Å². The van der Waals surface area contributed by atoms with E-state index >= 15 is 0 Å². The van der Waals surface area contributed by atoms with E-state index in [1.807, 2.05) is 12.1 Å². The highest BCUT2D eigenvalue weighted by molar-refractivity contribution is 6.05. The lowest BCUT2D eigenvalue weighted by molar-refractivity contribution is -0.124. The summed E-state index contributed by atoms with van der Waals surface area (Å²) in [5.41, 5.74) is 1.72. The molecule has 1 atom stereocenters. The third-order valence-electron chi connectivity index (χ3n) is 3.99. The van der Waals surface area contributed by atoms with Gasteiger partial charge in [-0.1, -0.05) is 12.1 Å². The van der Waals surface area contributed by atoms with Gasteiger partial charge in [-0.05, 0) is 49.2 Å². The Hall–Kier alpha value is -2.86. The van der Waals surface area contributed by atoms with Crippen molar-refractivity contribution in [1.82, 2.24) is 0 Å². The highest BCUT2D eigenvalue weighted by atomic mass is 16.5. The minimum absolute atomic E-state index is 0.149. The van der Waals surface area contributed by atoms with Crippen molar-refractivity contribution in [3.63, 3.8) is 0 Å². The second-order valence-corrected chi connectivity index (χ2v) is 5.72. The first-order chi connectivity index (χ1) is 12.2. The van der Waals surface area contributed by atoms with E-state index in [2.05, 4.69) is 10.6 Å². The molecule has 6 heteroatoms. The third-order valence-corrected chi connectivity index (χ3v) is 3.99. The van der Waals surface area contributed by atoms with Gasteiger partial charge < -0.3 is 20.1 Å². The van der Waals surface area contributed by atoms with Crippen molar-refractivity contribution in [3.8, 4) is 5.75 Å². The summed E-state index contributed by atoms with van der Waals surface area (Å²) in [6.07, 6.45) is 1.26. The second kappa shape index (κ2) is 7.81. The summed E-state index contributed by atoms with van der Waals surface area (Å²) in [6, 6.07) is 13.9. The summed E-state index contributed by atoms with van der Waals surface area (Å²) in [5.74, 6) is 0.196. The summed E-state index contributed by atoms with van der Waals surface area (Å²) >= 11 is 0. The maximum Gasteiger partial charge on any atom is 0.255 e. The zero-order chi connectivity index (χ0) is 17.6. The highest BCUT2D eigenvalue weighted by Crippen LogP contribution is 2.24. The molecule has 0 spiro atoms. The average molecular weight is 340 g/mol. The van der Waals surface area contributed by atoms with E-state index in [-0.39, 0.29) is 17.9 Å². The molecule has 0 bridgehead atoms. The summed E-state index contributed by atoms with van der Waals surface area (Å²) in [7, 11) is 1.55. The molecule has 1 heterocycles. The summed E-state index contributed by atoms with van der Waals surface area (Å²) in [4.78, 5) is 24.4. The molecule has 1 unspecified atom stereocenters. The molecule has 3 rings (SSSR count). The molecular weight excluding hydrogens is 320 g/mol. The zero-order valence-corrected chi connectivity index (χ0v) is 14.0. The first-order valence-electron chi connectivity index (χ1n) is 8.14. The van der Waals surface area contributed by atoms with Gasteiger partial charge in [-0.2, -0.15) is 0 Å². The van der Waals surface area contributed by atoms with Crippen molar-refractivity contribution in [1.29, 1.82) is 0 Å². The van der Waals surface area contributed by atoms with Crippen molar-refractivity contribution in [3.05, 3.63) is 54.1 Å². The number of methoxy groups -OCH3 is 1. The second-order valence-electron chi connectivity index (χ2n) is 5.72. The van der Waals surface area contributed by atoms with E-state index in [9.17, 15) is 9.59 Å². The number of hydrogen-bond donors (Lipinski definition) is 2. The molecule has 25 heavy (non-hydrogen) atoms. The van der Waals surface area contributed by atoms with Gasteiger partial charge in [-0.15, -0.1) is 0 Å². The number of carbonyl (C=O) groups is 2. The Bertz CT molecular complexity index is 752. The number of rotatable bonds is 5. The first kappa shape index (κ1) is 17.0. The van der Waals surface area contributed by atoms with Crippen LogP contribution in [0, 0.1) is 0 Å². The smallest absolute Gasteiger partial charge is 0.255 e. The maximum absolute atomic E-state index is 12.4. The van der Waals surface area contributed by atoms with E-state index in [0.29, 0.717) is 29.3 Å². The summed E-state index contributed by atoms with van der Waals surface area (Å²) in [6.45, 7) is 0.625. The Morgan fingerprint density at radius 3 is 2.52 bits per heavy atom. The monoisotopic (exact) mass is 340 g/mol.